The first-order valence-corrected chi connectivity index (χ1v) is 7.77. The van der Waals surface area contributed by atoms with Gasteiger partial charge in [0.1, 0.15) is 0 Å². The largest absolute Gasteiger partial charge is 0.420 e. The quantitative estimate of drug-likeness (QED) is 0.873. The highest BCUT2D eigenvalue weighted by Crippen LogP contribution is 2.34. The van der Waals surface area contributed by atoms with E-state index in [0.29, 0.717) is 11.8 Å². The van der Waals surface area contributed by atoms with Gasteiger partial charge in [-0.1, -0.05) is 6.42 Å². The third-order valence-electron chi connectivity index (χ3n) is 3.51. The Morgan fingerprint density at radius 2 is 2.16 bits per heavy atom. The molecule has 1 aliphatic carbocycles. The molecular weight excluding hydrogens is 258 g/mol. The van der Waals surface area contributed by atoms with Gasteiger partial charge in [-0.3, -0.25) is 0 Å². The number of nitrogens with one attached hydrogen (secondary N) is 1. The molecule has 5 heteroatoms. The lowest BCUT2D eigenvalue weighted by molar-refractivity contribution is 0.501. The van der Waals surface area contributed by atoms with Crippen molar-refractivity contribution in [2.45, 2.75) is 38.5 Å². The minimum atomic E-state index is 0.684. The van der Waals surface area contributed by atoms with Crippen LogP contribution >= 0.6 is 11.3 Å². The normalized spacial score (nSPS) is 15.2. The van der Waals surface area contributed by atoms with Crippen LogP contribution in [0.3, 0.4) is 0 Å². The van der Waals surface area contributed by atoms with E-state index in [4.69, 9.17) is 4.42 Å². The van der Waals surface area contributed by atoms with Crippen molar-refractivity contribution in [3.05, 3.63) is 22.4 Å². The second-order valence-electron chi connectivity index (χ2n) is 4.97. The predicted octanol–water partition coefficient (Wildman–Crippen LogP) is 2.83. The van der Waals surface area contributed by atoms with Gasteiger partial charge in [0, 0.05) is 17.8 Å². The summed E-state index contributed by atoms with van der Waals surface area (Å²) in [6.07, 6.45) is 7.16. The van der Waals surface area contributed by atoms with Crippen molar-refractivity contribution < 1.29 is 4.42 Å². The zero-order valence-electron chi connectivity index (χ0n) is 11.2. The fourth-order valence-corrected chi connectivity index (χ4v) is 3.63. The maximum absolute atomic E-state index is 5.73. The number of likely N-dealkylation sites (N-methyl/N-ethyl adjacent to an activating group) is 1. The fraction of sp³-hybridized carbons (Fsp3) is 0.571. The van der Waals surface area contributed by atoms with Gasteiger partial charge in [0.2, 0.25) is 5.89 Å². The van der Waals surface area contributed by atoms with Crippen molar-refractivity contribution in [1.82, 2.24) is 15.5 Å². The number of hydrogen-bond donors (Lipinski definition) is 1. The van der Waals surface area contributed by atoms with Crippen LogP contribution in [-0.4, -0.2) is 23.8 Å². The molecule has 0 unspecified atom stereocenters. The average Bonchev–Trinajstić information content (AvgIpc) is 2.99. The molecule has 0 bridgehead atoms. The van der Waals surface area contributed by atoms with E-state index in [-0.39, 0.29) is 0 Å². The van der Waals surface area contributed by atoms with Gasteiger partial charge in [-0.15, -0.1) is 21.5 Å². The molecule has 0 spiro atoms. The summed E-state index contributed by atoms with van der Waals surface area (Å²) in [5, 5.41) is 11.4. The molecule has 2 aromatic heterocycles. The van der Waals surface area contributed by atoms with E-state index >= 15 is 0 Å². The van der Waals surface area contributed by atoms with Crippen LogP contribution in [0.25, 0.3) is 10.8 Å². The Labute approximate surface area is 117 Å². The second-order valence-corrected chi connectivity index (χ2v) is 6.11. The molecule has 0 aliphatic heterocycles. The van der Waals surface area contributed by atoms with E-state index in [2.05, 4.69) is 21.6 Å². The zero-order chi connectivity index (χ0) is 13.1. The van der Waals surface area contributed by atoms with Crippen molar-refractivity contribution in [1.29, 1.82) is 0 Å². The standard InChI is InChI=1S/C14H19N3OS/c1-15-8-7-13-16-17-14(18-13)12-9-10-5-3-2-4-6-11(10)19-12/h9,15H,2-8H2,1H3. The first-order chi connectivity index (χ1) is 9.36. The van der Waals surface area contributed by atoms with Gasteiger partial charge < -0.3 is 9.73 Å². The Morgan fingerprint density at radius 3 is 3.05 bits per heavy atom. The topological polar surface area (TPSA) is 51.0 Å². The van der Waals surface area contributed by atoms with Crippen LogP contribution in [0.4, 0.5) is 0 Å². The Kier molecular flexibility index (Phi) is 3.94. The molecule has 1 N–H and O–H groups in total. The molecule has 0 saturated carbocycles. The van der Waals surface area contributed by atoms with Crippen LogP contribution in [0.5, 0.6) is 0 Å². The SMILES string of the molecule is CNCCc1nnc(-c2cc3c(s2)CCCCC3)o1. The van der Waals surface area contributed by atoms with E-state index < -0.39 is 0 Å². The van der Waals surface area contributed by atoms with E-state index in [1.165, 1.54) is 42.5 Å². The van der Waals surface area contributed by atoms with Crippen LogP contribution in [0.2, 0.25) is 0 Å². The lowest BCUT2D eigenvalue weighted by Gasteiger charge is -1.92. The first-order valence-electron chi connectivity index (χ1n) is 6.96. The lowest BCUT2D eigenvalue weighted by Crippen LogP contribution is -2.10. The molecular formula is C14H19N3OS. The van der Waals surface area contributed by atoms with Crippen LogP contribution in [0.1, 0.15) is 35.6 Å². The minimum absolute atomic E-state index is 0.684. The predicted molar refractivity (Wildman–Crippen MR) is 76.5 cm³/mol. The highest BCUT2D eigenvalue weighted by atomic mass is 32.1. The Balaban J connectivity index is 1.80. The number of aromatic nitrogens is 2. The highest BCUT2D eigenvalue weighted by Gasteiger charge is 2.16. The van der Waals surface area contributed by atoms with Gasteiger partial charge in [-0.2, -0.15) is 0 Å². The molecule has 0 radical (unpaired) electrons. The molecule has 4 nitrogen and oxygen atoms in total. The van der Waals surface area contributed by atoms with Crippen molar-refractivity contribution >= 4 is 11.3 Å². The second kappa shape index (κ2) is 5.84. The monoisotopic (exact) mass is 277 g/mol. The van der Waals surface area contributed by atoms with Crippen molar-refractivity contribution in [2.24, 2.45) is 0 Å². The number of fused-ring (bicyclic) bond motifs is 1. The van der Waals surface area contributed by atoms with E-state index in [1.54, 1.807) is 0 Å². The van der Waals surface area contributed by atoms with E-state index in [1.807, 2.05) is 18.4 Å². The van der Waals surface area contributed by atoms with Gasteiger partial charge in [-0.25, -0.2) is 0 Å². The molecule has 0 saturated heterocycles. The van der Waals surface area contributed by atoms with Gasteiger partial charge in [0.15, 0.2) is 0 Å². The summed E-state index contributed by atoms with van der Waals surface area (Å²) in [5.41, 5.74) is 1.49. The number of thiophene rings is 1. The average molecular weight is 277 g/mol. The third kappa shape index (κ3) is 2.87. The molecule has 1 aliphatic rings. The molecule has 0 aromatic carbocycles. The summed E-state index contributed by atoms with van der Waals surface area (Å²) in [5.74, 6) is 1.40. The lowest BCUT2D eigenvalue weighted by atomic mass is 10.1. The first kappa shape index (κ1) is 12.8. The van der Waals surface area contributed by atoms with Gasteiger partial charge in [0.25, 0.3) is 5.89 Å². The molecule has 3 rings (SSSR count). The summed E-state index contributed by atoms with van der Waals surface area (Å²) < 4.78 is 5.73. The number of hydrogen-bond acceptors (Lipinski definition) is 5. The van der Waals surface area contributed by atoms with Crippen LogP contribution in [-0.2, 0) is 19.3 Å². The summed E-state index contributed by atoms with van der Waals surface area (Å²) in [6, 6.07) is 2.25. The summed E-state index contributed by atoms with van der Waals surface area (Å²) >= 11 is 1.83. The number of rotatable bonds is 4. The summed E-state index contributed by atoms with van der Waals surface area (Å²) in [4.78, 5) is 2.65. The molecule has 0 fully saturated rings. The number of nitrogens with zero attached hydrogens (tertiary/aromatic N) is 2. The Bertz CT molecular complexity index is 523. The van der Waals surface area contributed by atoms with Crippen LogP contribution < -0.4 is 5.32 Å². The number of aryl methyl sites for hydroxylation is 2. The Hall–Kier alpha value is -1.20. The molecule has 2 heterocycles. The molecule has 102 valence electrons. The molecule has 2 aromatic rings. The highest BCUT2D eigenvalue weighted by molar-refractivity contribution is 7.15. The Morgan fingerprint density at radius 1 is 1.26 bits per heavy atom. The molecule has 0 atom stereocenters. The summed E-state index contributed by atoms with van der Waals surface area (Å²) in [7, 11) is 1.92. The van der Waals surface area contributed by atoms with Gasteiger partial charge in [0.05, 0.1) is 4.88 Å². The third-order valence-corrected chi connectivity index (χ3v) is 4.74. The van der Waals surface area contributed by atoms with E-state index in [9.17, 15) is 0 Å². The summed E-state index contributed by atoms with van der Waals surface area (Å²) in [6.45, 7) is 0.864. The fourth-order valence-electron chi connectivity index (χ4n) is 2.46. The van der Waals surface area contributed by atoms with Crippen molar-refractivity contribution in [3.63, 3.8) is 0 Å². The maximum atomic E-state index is 5.73. The molecule has 19 heavy (non-hydrogen) atoms. The van der Waals surface area contributed by atoms with Crippen molar-refractivity contribution in [2.75, 3.05) is 13.6 Å². The van der Waals surface area contributed by atoms with Crippen LogP contribution in [0, 0.1) is 0 Å². The van der Waals surface area contributed by atoms with E-state index in [0.717, 1.165) is 17.8 Å². The van der Waals surface area contributed by atoms with Gasteiger partial charge in [-0.05, 0) is 44.4 Å². The molecule has 0 amide bonds. The van der Waals surface area contributed by atoms with Crippen LogP contribution in [0.15, 0.2) is 10.5 Å². The van der Waals surface area contributed by atoms with Crippen molar-refractivity contribution in [3.8, 4) is 10.8 Å². The smallest absolute Gasteiger partial charge is 0.257 e. The zero-order valence-corrected chi connectivity index (χ0v) is 12.1. The van der Waals surface area contributed by atoms with Gasteiger partial charge >= 0.3 is 0 Å². The minimum Gasteiger partial charge on any atom is -0.420 e. The maximum Gasteiger partial charge on any atom is 0.257 e.